The summed E-state index contributed by atoms with van der Waals surface area (Å²) in [6.45, 7) is 0. The summed E-state index contributed by atoms with van der Waals surface area (Å²) in [4.78, 5) is 3.16. The monoisotopic (exact) mass is 250 g/mol. The molecule has 3 N–H and O–H groups in total. The number of aromatic nitrogens is 1. The molecule has 0 bridgehead atoms. The molecule has 0 radical (unpaired) electrons. The predicted molar refractivity (Wildman–Crippen MR) is 67.6 cm³/mol. The van der Waals surface area contributed by atoms with Crippen LogP contribution in [0.2, 0.25) is 0 Å². The number of hydrogen-bond acceptors (Lipinski definition) is 1. The summed E-state index contributed by atoms with van der Waals surface area (Å²) >= 11 is 0. The van der Waals surface area contributed by atoms with Crippen molar-refractivity contribution >= 4 is 10.9 Å². The van der Waals surface area contributed by atoms with Crippen molar-refractivity contribution in [2.24, 2.45) is 5.73 Å². The van der Waals surface area contributed by atoms with Gasteiger partial charge in [0, 0.05) is 24.6 Å². The molecule has 2 aromatic rings. The fraction of sp³-hybridized carbons (Fsp3) is 0.429. The Morgan fingerprint density at radius 3 is 2.50 bits per heavy atom. The standard InChI is InChI=1S/C14H16F2N2/c15-14(16)7-5-13(17,6-8-14)11-3-1-2-10-4-9-18-12(10)11/h1-4,9,18H,5-8,17H2. The fourth-order valence-corrected chi connectivity index (χ4v) is 2.83. The highest BCUT2D eigenvalue weighted by Crippen LogP contribution is 2.43. The number of fused-ring (bicyclic) bond motifs is 1. The summed E-state index contributed by atoms with van der Waals surface area (Å²) < 4.78 is 26.5. The van der Waals surface area contributed by atoms with Crippen molar-refractivity contribution in [2.45, 2.75) is 37.1 Å². The third-order valence-electron chi connectivity index (χ3n) is 4.00. The minimum Gasteiger partial charge on any atom is -0.361 e. The molecule has 3 rings (SSSR count). The molecule has 4 heteroatoms. The zero-order chi connectivity index (χ0) is 12.8. The molecule has 1 aromatic heterocycles. The fourth-order valence-electron chi connectivity index (χ4n) is 2.83. The summed E-state index contributed by atoms with van der Waals surface area (Å²) in [5, 5.41) is 1.08. The lowest BCUT2D eigenvalue weighted by Gasteiger charge is -2.37. The zero-order valence-electron chi connectivity index (χ0n) is 10.0. The van der Waals surface area contributed by atoms with E-state index in [9.17, 15) is 8.78 Å². The van der Waals surface area contributed by atoms with Gasteiger partial charge in [0.25, 0.3) is 0 Å². The van der Waals surface area contributed by atoms with Crippen LogP contribution >= 0.6 is 0 Å². The van der Waals surface area contributed by atoms with Gasteiger partial charge in [-0.05, 0) is 29.9 Å². The van der Waals surface area contributed by atoms with Crippen molar-refractivity contribution in [3.63, 3.8) is 0 Å². The maximum absolute atomic E-state index is 13.3. The highest BCUT2D eigenvalue weighted by Gasteiger charge is 2.42. The molecule has 18 heavy (non-hydrogen) atoms. The Hall–Kier alpha value is -1.42. The van der Waals surface area contributed by atoms with Gasteiger partial charge in [-0.3, -0.25) is 0 Å². The van der Waals surface area contributed by atoms with E-state index in [4.69, 9.17) is 5.73 Å². The molecular weight excluding hydrogens is 234 g/mol. The lowest BCUT2D eigenvalue weighted by Crippen LogP contribution is -2.43. The largest absolute Gasteiger partial charge is 0.361 e. The van der Waals surface area contributed by atoms with E-state index >= 15 is 0 Å². The van der Waals surface area contributed by atoms with Gasteiger partial charge >= 0.3 is 0 Å². The van der Waals surface area contributed by atoms with Crippen LogP contribution in [-0.2, 0) is 5.54 Å². The van der Waals surface area contributed by atoms with Crippen LogP contribution in [0.5, 0.6) is 0 Å². The molecule has 0 saturated heterocycles. The molecule has 0 amide bonds. The van der Waals surface area contributed by atoms with Gasteiger partial charge in [0.1, 0.15) is 0 Å². The molecule has 0 unspecified atom stereocenters. The van der Waals surface area contributed by atoms with Crippen LogP contribution in [0.1, 0.15) is 31.2 Å². The molecule has 1 aromatic carbocycles. The zero-order valence-corrected chi connectivity index (χ0v) is 10.0. The van der Waals surface area contributed by atoms with Gasteiger partial charge in [0.2, 0.25) is 5.92 Å². The second-order valence-corrected chi connectivity index (χ2v) is 5.26. The second-order valence-electron chi connectivity index (χ2n) is 5.26. The van der Waals surface area contributed by atoms with Gasteiger partial charge in [0.15, 0.2) is 0 Å². The molecule has 96 valence electrons. The van der Waals surface area contributed by atoms with Gasteiger partial charge in [-0.25, -0.2) is 8.78 Å². The van der Waals surface area contributed by atoms with E-state index in [1.165, 1.54) is 0 Å². The molecule has 1 heterocycles. The Balaban J connectivity index is 2.02. The van der Waals surface area contributed by atoms with E-state index in [0.29, 0.717) is 12.8 Å². The van der Waals surface area contributed by atoms with Crippen molar-refractivity contribution in [2.75, 3.05) is 0 Å². The Labute approximate surface area is 104 Å². The molecule has 1 fully saturated rings. The number of hydrogen-bond donors (Lipinski definition) is 2. The normalized spacial score (nSPS) is 22.2. The van der Waals surface area contributed by atoms with E-state index < -0.39 is 11.5 Å². The molecule has 0 spiro atoms. The average Bonchev–Trinajstić information content (AvgIpc) is 2.81. The van der Waals surface area contributed by atoms with E-state index in [1.807, 2.05) is 30.5 Å². The minimum atomic E-state index is -2.55. The minimum absolute atomic E-state index is 0.124. The SMILES string of the molecule is NC1(c2cccc3cc[nH]c23)CCC(F)(F)CC1. The number of rotatable bonds is 1. The Morgan fingerprint density at radius 1 is 1.06 bits per heavy atom. The average molecular weight is 250 g/mol. The van der Waals surface area contributed by atoms with E-state index in [1.54, 1.807) is 0 Å². The molecule has 1 aliphatic rings. The quantitative estimate of drug-likeness (QED) is 0.798. The van der Waals surface area contributed by atoms with E-state index in [0.717, 1.165) is 16.5 Å². The first-order valence-electron chi connectivity index (χ1n) is 6.24. The number of H-pyrrole nitrogens is 1. The van der Waals surface area contributed by atoms with E-state index in [2.05, 4.69) is 4.98 Å². The summed E-state index contributed by atoms with van der Waals surface area (Å²) in [5.41, 5.74) is 7.68. The van der Waals surface area contributed by atoms with Crippen LogP contribution in [0.25, 0.3) is 10.9 Å². The molecule has 0 aliphatic heterocycles. The third-order valence-corrected chi connectivity index (χ3v) is 4.00. The van der Waals surface area contributed by atoms with Crippen LogP contribution in [0.4, 0.5) is 8.78 Å². The van der Waals surface area contributed by atoms with Crippen molar-refractivity contribution in [1.82, 2.24) is 4.98 Å². The lowest BCUT2D eigenvalue weighted by atomic mass is 9.75. The summed E-state index contributed by atoms with van der Waals surface area (Å²) in [6, 6.07) is 7.85. The number of aromatic amines is 1. The van der Waals surface area contributed by atoms with Gasteiger partial charge in [-0.15, -0.1) is 0 Å². The number of nitrogens with two attached hydrogens (primary N) is 1. The number of alkyl halides is 2. The molecule has 0 atom stereocenters. The van der Waals surface area contributed by atoms with Crippen LogP contribution in [0.15, 0.2) is 30.5 Å². The highest BCUT2D eigenvalue weighted by atomic mass is 19.3. The van der Waals surface area contributed by atoms with Gasteiger partial charge < -0.3 is 10.7 Å². The topological polar surface area (TPSA) is 41.8 Å². The summed E-state index contributed by atoms with van der Waals surface area (Å²) in [5.74, 6) is -2.55. The van der Waals surface area contributed by atoms with Crippen LogP contribution in [-0.4, -0.2) is 10.9 Å². The lowest BCUT2D eigenvalue weighted by molar-refractivity contribution is -0.0512. The van der Waals surface area contributed by atoms with Gasteiger partial charge in [0.05, 0.1) is 5.52 Å². The van der Waals surface area contributed by atoms with Crippen LogP contribution in [0, 0.1) is 0 Å². The first-order valence-corrected chi connectivity index (χ1v) is 6.24. The highest BCUT2D eigenvalue weighted by molar-refractivity contribution is 5.83. The Morgan fingerprint density at radius 2 is 1.78 bits per heavy atom. The predicted octanol–water partition coefficient (Wildman–Crippen LogP) is 3.53. The molecule has 1 aliphatic carbocycles. The first kappa shape index (κ1) is 11.7. The smallest absolute Gasteiger partial charge is 0.248 e. The number of nitrogens with one attached hydrogen (secondary N) is 1. The van der Waals surface area contributed by atoms with Crippen LogP contribution in [0.3, 0.4) is 0 Å². The number of benzene rings is 1. The first-order chi connectivity index (χ1) is 8.50. The van der Waals surface area contributed by atoms with Crippen molar-refractivity contribution < 1.29 is 8.78 Å². The third kappa shape index (κ3) is 1.81. The number of halogens is 2. The molecular formula is C14H16F2N2. The van der Waals surface area contributed by atoms with Gasteiger partial charge in [-0.1, -0.05) is 18.2 Å². The maximum Gasteiger partial charge on any atom is 0.248 e. The van der Waals surface area contributed by atoms with Crippen LogP contribution < -0.4 is 5.73 Å². The van der Waals surface area contributed by atoms with Crippen molar-refractivity contribution in [3.8, 4) is 0 Å². The van der Waals surface area contributed by atoms with Crippen molar-refractivity contribution in [3.05, 3.63) is 36.0 Å². The molecule has 1 saturated carbocycles. The summed E-state index contributed by atoms with van der Waals surface area (Å²) in [6.07, 6.45) is 2.27. The Bertz CT molecular complexity index is 564. The summed E-state index contributed by atoms with van der Waals surface area (Å²) in [7, 11) is 0. The molecule has 2 nitrogen and oxygen atoms in total. The van der Waals surface area contributed by atoms with E-state index in [-0.39, 0.29) is 12.8 Å². The van der Waals surface area contributed by atoms with Gasteiger partial charge in [-0.2, -0.15) is 0 Å². The number of para-hydroxylation sites is 1. The second kappa shape index (κ2) is 3.79. The Kier molecular flexibility index (Phi) is 2.45. The van der Waals surface area contributed by atoms with Crippen molar-refractivity contribution in [1.29, 1.82) is 0 Å². The maximum atomic E-state index is 13.3.